The van der Waals surface area contributed by atoms with Crippen LogP contribution in [-0.4, -0.2) is 27.2 Å². The Morgan fingerprint density at radius 3 is 2.38 bits per heavy atom. The Morgan fingerprint density at radius 2 is 1.79 bits per heavy atom. The highest BCUT2D eigenvalue weighted by Gasteiger charge is 2.25. The fraction of sp³-hybridized carbons (Fsp3) is 0.273. The number of esters is 1. The lowest BCUT2D eigenvalue weighted by atomic mass is 10.1. The molecule has 7 heteroatoms. The van der Waals surface area contributed by atoms with E-state index in [2.05, 4.69) is 15.9 Å². The SMILES string of the molecule is Cc1c(CC(=O)OC(C)(C)C)c2cc(O)c(F)cc2n1C(=O)c1ccc(Br)cc1. The second kappa shape index (κ2) is 7.63. The molecule has 0 amide bonds. The monoisotopic (exact) mass is 461 g/mol. The fourth-order valence-electron chi connectivity index (χ4n) is 3.22. The second-order valence-corrected chi connectivity index (χ2v) is 8.71. The van der Waals surface area contributed by atoms with Crippen molar-refractivity contribution in [2.75, 3.05) is 0 Å². The van der Waals surface area contributed by atoms with Gasteiger partial charge in [-0.25, -0.2) is 4.39 Å². The predicted molar refractivity (Wildman–Crippen MR) is 112 cm³/mol. The fourth-order valence-corrected chi connectivity index (χ4v) is 3.48. The summed E-state index contributed by atoms with van der Waals surface area (Å²) in [5, 5.41) is 10.3. The third-order valence-electron chi connectivity index (χ3n) is 4.44. The maximum absolute atomic E-state index is 14.1. The summed E-state index contributed by atoms with van der Waals surface area (Å²) in [5.74, 6) is -2.22. The smallest absolute Gasteiger partial charge is 0.310 e. The summed E-state index contributed by atoms with van der Waals surface area (Å²) in [4.78, 5) is 25.6. The lowest BCUT2D eigenvalue weighted by Crippen LogP contribution is -2.25. The van der Waals surface area contributed by atoms with Crippen LogP contribution >= 0.6 is 15.9 Å². The molecule has 0 bridgehead atoms. The largest absolute Gasteiger partial charge is 0.505 e. The second-order valence-electron chi connectivity index (χ2n) is 7.80. The number of halogens is 2. The highest BCUT2D eigenvalue weighted by molar-refractivity contribution is 9.10. The van der Waals surface area contributed by atoms with E-state index in [0.29, 0.717) is 22.2 Å². The average Bonchev–Trinajstić information content (AvgIpc) is 2.85. The maximum atomic E-state index is 14.1. The van der Waals surface area contributed by atoms with Gasteiger partial charge in [0.2, 0.25) is 0 Å². The molecule has 5 nitrogen and oxygen atoms in total. The van der Waals surface area contributed by atoms with Crippen molar-refractivity contribution in [2.45, 2.75) is 39.7 Å². The number of phenols is 1. The zero-order valence-corrected chi connectivity index (χ0v) is 18.1. The minimum Gasteiger partial charge on any atom is -0.505 e. The predicted octanol–water partition coefficient (Wildman–Crippen LogP) is 5.13. The Hall–Kier alpha value is -2.67. The number of aromatic hydroxyl groups is 1. The van der Waals surface area contributed by atoms with Gasteiger partial charge in [-0.1, -0.05) is 15.9 Å². The zero-order valence-electron chi connectivity index (χ0n) is 16.5. The van der Waals surface area contributed by atoms with Crippen LogP contribution in [0.25, 0.3) is 10.9 Å². The lowest BCUT2D eigenvalue weighted by Gasteiger charge is -2.19. The van der Waals surface area contributed by atoms with Gasteiger partial charge in [0, 0.05) is 27.2 Å². The van der Waals surface area contributed by atoms with E-state index >= 15 is 0 Å². The van der Waals surface area contributed by atoms with Crippen LogP contribution in [-0.2, 0) is 16.0 Å². The number of fused-ring (bicyclic) bond motifs is 1. The van der Waals surface area contributed by atoms with E-state index in [9.17, 15) is 19.1 Å². The van der Waals surface area contributed by atoms with Crippen molar-refractivity contribution in [3.63, 3.8) is 0 Å². The summed E-state index contributed by atoms with van der Waals surface area (Å²) in [6.07, 6.45) is -0.106. The van der Waals surface area contributed by atoms with Crippen molar-refractivity contribution in [1.82, 2.24) is 4.57 Å². The van der Waals surface area contributed by atoms with Gasteiger partial charge in [-0.3, -0.25) is 14.2 Å². The molecule has 0 saturated heterocycles. The van der Waals surface area contributed by atoms with Gasteiger partial charge < -0.3 is 9.84 Å². The molecule has 152 valence electrons. The van der Waals surface area contributed by atoms with Gasteiger partial charge in [0.05, 0.1) is 11.9 Å². The molecule has 1 N–H and O–H groups in total. The van der Waals surface area contributed by atoms with E-state index in [1.807, 2.05) is 0 Å². The number of hydrogen-bond acceptors (Lipinski definition) is 4. The van der Waals surface area contributed by atoms with E-state index in [4.69, 9.17) is 4.74 Å². The first-order valence-corrected chi connectivity index (χ1v) is 9.82. The molecule has 0 fully saturated rings. The minimum absolute atomic E-state index is 0.106. The number of carbonyl (C=O) groups is 2. The molecule has 0 saturated carbocycles. The first kappa shape index (κ1) is 21.0. The van der Waals surface area contributed by atoms with Crippen molar-refractivity contribution in [1.29, 1.82) is 0 Å². The van der Waals surface area contributed by atoms with Crippen LogP contribution in [0.1, 0.15) is 42.4 Å². The molecule has 3 aromatic rings. The average molecular weight is 462 g/mol. The van der Waals surface area contributed by atoms with Crippen LogP contribution in [0, 0.1) is 12.7 Å². The van der Waals surface area contributed by atoms with Gasteiger partial charge in [0.1, 0.15) is 5.60 Å². The van der Waals surface area contributed by atoms with Crippen LogP contribution < -0.4 is 0 Å². The molecule has 0 aliphatic rings. The lowest BCUT2D eigenvalue weighted by molar-refractivity contribution is -0.153. The van der Waals surface area contributed by atoms with Crippen molar-refractivity contribution in [2.24, 2.45) is 0 Å². The molecule has 1 aromatic heterocycles. The standard InChI is InChI=1S/C22H21BrFNO4/c1-12-15(10-20(27)29-22(2,3)4)16-9-19(26)17(24)11-18(16)25(12)21(28)13-5-7-14(23)8-6-13/h5-9,11,26H,10H2,1-4H3. The summed E-state index contributed by atoms with van der Waals surface area (Å²) < 4.78 is 21.7. The summed E-state index contributed by atoms with van der Waals surface area (Å²) in [6.45, 7) is 6.98. The molecule has 0 atom stereocenters. The Bertz CT molecular complexity index is 1110. The van der Waals surface area contributed by atoms with Crippen LogP contribution in [0.2, 0.25) is 0 Å². The quantitative estimate of drug-likeness (QED) is 0.548. The van der Waals surface area contributed by atoms with Crippen LogP contribution in [0.4, 0.5) is 4.39 Å². The summed E-state index contributed by atoms with van der Waals surface area (Å²) in [7, 11) is 0. The van der Waals surface area contributed by atoms with Gasteiger partial charge in [-0.15, -0.1) is 0 Å². The third kappa shape index (κ3) is 4.34. The number of phenolic OH excluding ortho intramolecular Hbond substituents is 1. The van der Waals surface area contributed by atoms with Crippen molar-refractivity contribution in [3.05, 3.63) is 63.5 Å². The molecule has 0 aliphatic heterocycles. The van der Waals surface area contributed by atoms with E-state index in [1.165, 1.54) is 10.6 Å². The number of hydrogen-bond donors (Lipinski definition) is 1. The molecule has 2 aromatic carbocycles. The molecule has 0 radical (unpaired) electrons. The first-order chi connectivity index (χ1) is 13.5. The zero-order chi connectivity index (χ0) is 21.5. The number of nitrogens with zero attached hydrogens (tertiary/aromatic N) is 1. The topological polar surface area (TPSA) is 68.5 Å². The molecular formula is C22H21BrFNO4. The van der Waals surface area contributed by atoms with E-state index < -0.39 is 23.1 Å². The molecule has 0 spiro atoms. The first-order valence-electron chi connectivity index (χ1n) is 9.02. The normalized spacial score (nSPS) is 11.7. The van der Waals surface area contributed by atoms with Gasteiger partial charge in [-0.05, 0) is 63.6 Å². The van der Waals surface area contributed by atoms with E-state index in [1.54, 1.807) is 52.0 Å². The molecule has 0 unspecified atom stereocenters. The number of benzene rings is 2. The van der Waals surface area contributed by atoms with Crippen molar-refractivity contribution in [3.8, 4) is 5.75 Å². The minimum atomic E-state index is -0.844. The number of aromatic nitrogens is 1. The number of rotatable bonds is 3. The van der Waals surface area contributed by atoms with E-state index in [0.717, 1.165) is 10.5 Å². The van der Waals surface area contributed by atoms with Crippen LogP contribution in [0.15, 0.2) is 40.9 Å². The molecular weight excluding hydrogens is 441 g/mol. The van der Waals surface area contributed by atoms with Crippen LogP contribution in [0.3, 0.4) is 0 Å². The Balaban J connectivity index is 2.16. The highest BCUT2D eigenvalue weighted by Crippen LogP contribution is 2.32. The molecule has 1 heterocycles. The van der Waals surface area contributed by atoms with Gasteiger partial charge >= 0.3 is 5.97 Å². The van der Waals surface area contributed by atoms with Crippen LogP contribution in [0.5, 0.6) is 5.75 Å². The Morgan fingerprint density at radius 1 is 1.17 bits per heavy atom. The highest BCUT2D eigenvalue weighted by atomic mass is 79.9. The van der Waals surface area contributed by atoms with Crippen molar-refractivity contribution < 1.29 is 23.8 Å². The third-order valence-corrected chi connectivity index (χ3v) is 4.97. The molecule has 29 heavy (non-hydrogen) atoms. The summed E-state index contributed by atoms with van der Waals surface area (Å²) in [5.41, 5.74) is 1.03. The summed E-state index contributed by atoms with van der Waals surface area (Å²) in [6, 6.07) is 9.13. The summed E-state index contributed by atoms with van der Waals surface area (Å²) >= 11 is 3.33. The maximum Gasteiger partial charge on any atom is 0.310 e. The number of carbonyl (C=O) groups excluding carboxylic acids is 2. The van der Waals surface area contributed by atoms with Gasteiger partial charge in [0.25, 0.3) is 5.91 Å². The number of ether oxygens (including phenoxy) is 1. The van der Waals surface area contributed by atoms with Crippen molar-refractivity contribution >= 4 is 38.7 Å². The van der Waals surface area contributed by atoms with Gasteiger partial charge in [0.15, 0.2) is 11.6 Å². The molecule has 0 aliphatic carbocycles. The molecule has 3 rings (SSSR count). The Kier molecular flexibility index (Phi) is 5.54. The Labute approximate surface area is 176 Å². The van der Waals surface area contributed by atoms with Gasteiger partial charge in [-0.2, -0.15) is 0 Å². The van der Waals surface area contributed by atoms with E-state index in [-0.39, 0.29) is 17.8 Å².